The van der Waals surface area contributed by atoms with E-state index in [0.717, 1.165) is 24.8 Å². The molecule has 1 amide bonds. The van der Waals surface area contributed by atoms with Crippen molar-refractivity contribution in [2.75, 3.05) is 60.1 Å². The monoisotopic (exact) mass is 1000 g/mol. The molecule has 3 aliphatic heterocycles. The highest BCUT2D eigenvalue weighted by atomic mass is 32.2. The van der Waals surface area contributed by atoms with Crippen molar-refractivity contribution in [3.05, 3.63) is 47.6 Å². The number of ketones is 3. The molecular weight excluding hydrogens is 915 g/mol. The molecule has 0 radical (unpaired) electrons. The average molecular weight is 1000 g/mol. The van der Waals surface area contributed by atoms with Gasteiger partial charge in [0.2, 0.25) is 5.79 Å². The smallest absolute Gasteiger partial charge is 0.296 e. The molecule has 0 aromatic rings. The molecule has 0 spiro atoms. The highest BCUT2D eigenvalue weighted by Gasteiger charge is 2.52. The third kappa shape index (κ3) is 17.5. The number of amides is 1. The van der Waals surface area contributed by atoms with E-state index in [9.17, 15) is 34.5 Å². The Hall–Kier alpha value is -2.57. The number of piperidine rings is 1. The molecule has 2 saturated heterocycles. The molecule has 0 aromatic carbocycles. The van der Waals surface area contributed by atoms with E-state index in [1.54, 1.807) is 52.8 Å². The molecule has 15 heteroatoms. The standard InChI is InChI=1S/C55H89NO13S/c1-35-16-12-11-13-17-36(2)49(70-27-26-67-25-24-64-8)32-44-21-19-41(7)55(63,69-44)53(61)54(62)56-23-15-14-18-43(56)34-68-47(38(4)30-42-20-22-45(57)48(31-42)65-9)33-46(58)37(3)29-40(6)51(60)52(66-10)50(59)39(5)28-35/h11-13,16-17,29,35,37-39,41-45,47-49,51-52,57,60,63H,14-15,18-28,30-34H2,1-10H3/b13-11+,16-12+,36-17+,40-29+/t35-,37-,38-,39-,41-,42+,43+,44+,45-,47+,48-,49?,51+,52+,55-/m1/s1. The zero-order valence-corrected chi connectivity index (χ0v) is 44.9. The Balaban J connectivity index is 1.68. The Morgan fingerprint density at radius 3 is 2.34 bits per heavy atom. The summed E-state index contributed by atoms with van der Waals surface area (Å²) in [7, 11) is 4.66. The lowest BCUT2D eigenvalue weighted by Gasteiger charge is -2.43. The number of hydrogen-bond acceptors (Lipinski definition) is 14. The lowest BCUT2D eigenvalue weighted by atomic mass is 9.78. The normalized spacial score (nSPS) is 38.5. The van der Waals surface area contributed by atoms with Crippen LogP contribution in [0.3, 0.4) is 0 Å². The van der Waals surface area contributed by atoms with Crippen molar-refractivity contribution in [2.45, 2.75) is 179 Å². The molecule has 398 valence electrons. The molecule has 1 aliphatic carbocycles. The molecule has 3 heterocycles. The van der Waals surface area contributed by atoms with Crippen LogP contribution in [0.5, 0.6) is 0 Å². The van der Waals surface area contributed by atoms with Gasteiger partial charge in [0.15, 0.2) is 5.78 Å². The van der Waals surface area contributed by atoms with Crippen LogP contribution < -0.4 is 0 Å². The van der Waals surface area contributed by atoms with E-state index in [1.165, 1.54) is 12.0 Å². The minimum atomic E-state index is -2.31. The molecular formula is C55H89NO13S. The minimum absolute atomic E-state index is 0.0404. The third-order valence-corrected chi connectivity index (χ3v) is 16.6. The zero-order valence-electron chi connectivity index (χ0n) is 44.1. The molecule has 70 heavy (non-hydrogen) atoms. The number of hydrogen-bond donors (Lipinski definition) is 3. The van der Waals surface area contributed by atoms with E-state index >= 15 is 0 Å². The van der Waals surface area contributed by atoms with Crippen molar-refractivity contribution in [3.63, 3.8) is 0 Å². The van der Waals surface area contributed by atoms with Gasteiger partial charge in [-0.25, -0.2) is 0 Å². The number of nitrogens with zero attached hydrogens (tertiary/aromatic N) is 1. The number of carbonyl (C=O) groups is 4. The van der Waals surface area contributed by atoms with E-state index in [-0.39, 0.29) is 53.7 Å². The lowest BCUT2D eigenvalue weighted by molar-refractivity contribution is -0.263. The average Bonchev–Trinajstić information content (AvgIpc) is 3.34. The van der Waals surface area contributed by atoms with E-state index in [2.05, 4.69) is 13.8 Å². The number of allylic oxidation sites excluding steroid dienone is 6. The van der Waals surface area contributed by atoms with Gasteiger partial charge in [-0.3, -0.25) is 19.2 Å². The quantitative estimate of drug-likeness (QED) is 0.0997. The third-order valence-electron chi connectivity index (χ3n) is 15.3. The van der Waals surface area contributed by atoms with Gasteiger partial charge in [0, 0.05) is 63.1 Å². The van der Waals surface area contributed by atoms with Crippen molar-refractivity contribution in [1.29, 1.82) is 0 Å². The molecule has 1 saturated carbocycles. The van der Waals surface area contributed by atoms with Crippen LogP contribution in [-0.4, -0.2) is 157 Å². The maximum Gasteiger partial charge on any atom is 0.296 e. The molecule has 4 rings (SSSR count). The van der Waals surface area contributed by atoms with Gasteiger partial charge in [-0.15, -0.1) is 0 Å². The summed E-state index contributed by atoms with van der Waals surface area (Å²) in [5, 5.41) is 34.2. The van der Waals surface area contributed by atoms with Gasteiger partial charge in [-0.2, -0.15) is 11.8 Å². The summed E-state index contributed by atoms with van der Waals surface area (Å²) in [6.45, 7) is 15.2. The first-order valence-corrected chi connectivity index (χ1v) is 27.1. The summed E-state index contributed by atoms with van der Waals surface area (Å²) in [5.41, 5.74) is 1.53. The van der Waals surface area contributed by atoms with E-state index in [1.807, 2.05) is 44.2 Å². The number of Topliss-reactive ketones (excluding diaryl/α,β-unsaturated/α-hetero) is 3. The van der Waals surface area contributed by atoms with Crippen LogP contribution in [0, 0.1) is 35.5 Å². The maximum absolute atomic E-state index is 14.4. The highest BCUT2D eigenvalue weighted by molar-refractivity contribution is 8.00. The fourth-order valence-electron chi connectivity index (χ4n) is 10.6. The van der Waals surface area contributed by atoms with Crippen LogP contribution in [0.25, 0.3) is 0 Å². The largest absolute Gasteiger partial charge is 0.390 e. The minimum Gasteiger partial charge on any atom is -0.390 e. The fraction of sp³-hybridized carbons (Fsp3) is 0.782. The van der Waals surface area contributed by atoms with Gasteiger partial charge in [-0.05, 0) is 108 Å². The number of aliphatic hydroxyl groups is 3. The van der Waals surface area contributed by atoms with Gasteiger partial charge in [0.05, 0.1) is 56.9 Å². The number of thioether (sulfide) groups is 1. The van der Waals surface area contributed by atoms with E-state index in [4.69, 9.17) is 28.4 Å². The number of aliphatic hydroxyl groups excluding tert-OH is 2. The first-order valence-electron chi connectivity index (χ1n) is 26.1. The summed E-state index contributed by atoms with van der Waals surface area (Å²) in [6.07, 6.45) is 14.5. The van der Waals surface area contributed by atoms with Crippen molar-refractivity contribution < 1.29 is 62.9 Å². The predicted molar refractivity (Wildman–Crippen MR) is 273 cm³/mol. The SMILES string of the molecule is COCCOCCSC1C[C@@H]2CC[C@@H](C)[C@@](O)(O2)C(=O)C(=O)N2CCCC[C@H]2CO[C@H]([C@H](C)C[C@@H]2CC[C@@H](O)[C@H](OC)C2)CC(=O)[C@H](C)/C=C(\C)[C@H](O)[C@@H](OC)C(=O)[C@H](C)C[C@H](C)/C=C/C=C/C=C/1C. The Labute approximate surface area is 423 Å². The predicted octanol–water partition coefficient (Wildman–Crippen LogP) is 7.40. The first kappa shape index (κ1) is 60.0. The number of ether oxygens (including phenoxy) is 6. The Morgan fingerprint density at radius 2 is 1.63 bits per heavy atom. The Kier molecular flexibility index (Phi) is 25.7. The first-order chi connectivity index (χ1) is 33.3. The second-order valence-corrected chi connectivity index (χ2v) is 22.2. The molecule has 3 fully saturated rings. The maximum atomic E-state index is 14.4. The number of rotatable bonds is 12. The van der Waals surface area contributed by atoms with Crippen molar-refractivity contribution in [2.24, 2.45) is 35.5 Å². The summed E-state index contributed by atoms with van der Waals surface area (Å²) in [5.74, 6) is -5.19. The van der Waals surface area contributed by atoms with E-state index in [0.29, 0.717) is 89.1 Å². The van der Waals surface area contributed by atoms with Crippen LogP contribution >= 0.6 is 11.8 Å². The molecule has 0 aromatic heterocycles. The highest BCUT2D eigenvalue weighted by Crippen LogP contribution is 2.39. The second kappa shape index (κ2) is 30.0. The topological polar surface area (TPSA) is 188 Å². The van der Waals surface area contributed by atoms with Gasteiger partial charge in [0.25, 0.3) is 11.7 Å². The van der Waals surface area contributed by atoms with Gasteiger partial charge >= 0.3 is 0 Å². The summed E-state index contributed by atoms with van der Waals surface area (Å²) in [6, 6.07) is -0.474. The van der Waals surface area contributed by atoms with Crippen LogP contribution in [0.2, 0.25) is 0 Å². The lowest BCUT2D eigenvalue weighted by Crippen LogP contribution is -2.60. The van der Waals surface area contributed by atoms with Crippen LogP contribution in [0.4, 0.5) is 0 Å². The van der Waals surface area contributed by atoms with Crippen LogP contribution in [-0.2, 0) is 47.6 Å². The van der Waals surface area contributed by atoms with Gasteiger partial charge < -0.3 is 48.6 Å². The zero-order chi connectivity index (χ0) is 51.5. The Morgan fingerprint density at radius 1 is 0.871 bits per heavy atom. The molecule has 2 bridgehead atoms. The van der Waals surface area contributed by atoms with Gasteiger partial charge in [0.1, 0.15) is 18.0 Å². The molecule has 15 atom stereocenters. The molecule has 4 aliphatic rings. The number of carbonyl (C=O) groups excluding carboxylic acids is 4. The molecule has 14 nitrogen and oxygen atoms in total. The number of methoxy groups -OCH3 is 3. The molecule has 1 unspecified atom stereocenters. The van der Waals surface area contributed by atoms with Crippen molar-refractivity contribution in [1.82, 2.24) is 4.90 Å². The van der Waals surface area contributed by atoms with Gasteiger partial charge in [-0.1, -0.05) is 76.6 Å². The second-order valence-electron chi connectivity index (χ2n) is 20.9. The molecule has 3 N–H and O–H groups in total. The van der Waals surface area contributed by atoms with Crippen molar-refractivity contribution >= 4 is 35.0 Å². The summed E-state index contributed by atoms with van der Waals surface area (Å²) in [4.78, 5) is 58.4. The summed E-state index contributed by atoms with van der Waals surface area (Å²) >= 11 is 1.71. The Bertz CT molecular complexity index is 1790. The van der Waals surface area contributed by atoms with Crippen LogP contribution in [0.1, 0.15) is 126 Å². The summed E-state index contributed by atoms with van der Waals surface area (Å²) < 4.78 is 35.3. The van der Waals surface area contributed by atoms with Crippen LogP contribution in [0.15, 0.2) is 47.6 Å². The number of fused-ring (bicyclic) bond motifs is 3. The fourth-order valence-corrected chi connectivity index (χ4v) is 11.8. The van der Waals surface area contributed by atoms with Crippen molar-refractivity contribution in [3.8, 4) is 0 Å². The van der Waals surface area contributed by atoms with E-state index < -0.39 is 71.8 Å².